The highest BCUT2D eigenvalue weighted by Crippen LogP contribution is 2.32. The van der Waals surface area contributed by atoms with Gasteiger partial charge in [0.1, 0.15) is 11.5 Å². The lowest BCUT2D eigenvalue weighted by molar-refractivity contribution is 0.416. The summed E-state index contributed by atoms with van der Waals surface area (Å²) in [6, 6.07) is 12.0. The van der Waals surface area contributed by atoms with E-state index >= 15 is 0 Å². The Bertz CT molecular complexity index is 767. The second-order valence-electron chi connectivity index (χ2n) is 6.95. The van der Waals surface area contributed by atoms with Crippen LogP contribution in [0.3, 0.4) is 0 Å². The highest BCUT2D eigenvalue weighted by atomic mass is 32.1. The summed E-state index contributed by atoms with van der Waals surface area (Å²) in [6.45, 7) is 8.54. The van der Waals surface area contributed by atoms with E-state index in [0.29, 0.717) is 5.11 Å². The molecule has 2 aromatic carbocycles. The fourth-order valence-electron chi connectivity index (χ4n) is 2.47. The van der Waals surface area contributed by atoms with Gasteiger partial charge in [0.05, 0.1) is 25.6 Å². The van der Waals surface area contributed by atoms with Gasteiger partial charge in [0, 0.05) is 0 Å². The second kappa shape index (κ2) is 7.74. The molecule has 2 N–H and O–H groups in total. The molecule has 0 radical (unpaired) electrons. The molecule has 0 saturated heterocycles. The molecule has 0 aliphatic rings. The van der Waals surface area contributed by atoms with Crippen LogP contribution in [0.15, 0.2) is 36.4 Å². The number of rotatable bonds is 4. The molecular formula is C20H26N2O2S. The summed E-state index contributed by atoms with van der Waals surface area (Å²) in [4.78, 5) is 0. The molecule has 0 aromatic heterocycles. The maximum Gasteiger partial charge on any atom is 0.175 e. The Kier molecular flexibility index (Phi) is 5.90. The Morgan fingerprint density at radius 2 is 1.40 bits per heavy atom. The van der Waals surface area contributed by atoms with Crippen LogP contribution in [-0.2, 0) is 5.41 Å². The van der Waals surface area contributed by atoms with Crippen LogP contribution in [0.2, 0.25) is 0 Å². The number of ether oxygens (including phenoxy) is 2. The van der Waals surface area contributed by atoms with Gasteiger partial charge in [0.2, 0.25) is 0 Å². The number of benzene rings is 2. The minimum atomic E-state index is 0.0392. The van der Waals surface area contributed by atoms with Crippen molar-refractivity contribution in [2.75, 3.05) is 24.9 Å². The maximum atomic E-state index is 5.48. The van der Waals surface area contributed by atoms with E-state index in [1.54, 1.807) is 14.2 Å². The molecule has 5 heteroatoms. The van der Waals surface area contributed by atoms with Crippen molar-refractivity contribution < 1.29 is 9.47 Å². The molecule has 4 nitrogen and oxygen atoms in total. The topological polar surface area (TPSA) is 42.5 Å². The molecule has 0 amide bonds. The second-order valence-corrected chi connectivity index (χ2v) is 7.36. The smallest absolute Gasteiger partial charge is 0.175 e. The standard InChI is InChI=1S/C20H26N2O2S/c1-13-7-9-17(23-5)15(11-13)21-19(25)22-16-12-14(20(2,3)4)8-10-18(16)24-6/h7-12H,1-6H3,(H2,21,22,25). The minimum Gasteiger partial charge on any atom is -0.495 e. The molecule has 0 fully saturated rings. The predicted octanol–water partition coefficient (Wildman–Crippen LogP) is 5.12. The fourth-order valence-corrected chi connectivity index (χ4v) is 2.69. The van der Waals surface area contributed by atoms with Crippen LogP contribution in [0, 0.1) is 6.92 Å². The first-order chi connectivity index (χ1) is 11.7. The Balaban J connectivity index is 2.24. The number of aryl methyl sites for hydroxylation is 1. The first kappa shape index (κ1) is 19.1. The highest BCUT2D eigenvalue weighted by Gasteiger charge is 2.16. The van der Waals surface area contributed by atoms with Crippen LogP contribution < -0.4 is 20.1 Å². The van der Waals surface area contributed by atoms with Gasteiger partial charge in [-0.15, -0.1) is 0 Å². The number of nitrogens with one attached hydrogen (secondary N) is 2. The third-order valence-electron chi connectivity index (χ3n) is 3.92. The van der Waals surface area contributed by atoms with E-state index in [4.69, 9.17) is 21.7 Å². The molecule has 0 aliphatic carbocycles. The monoisotopic (exact) mass is 358 g/mol. The Morgan fingerprint density at radius 1 is 0.880 bits per heavy atom. The molecule has 2 rings (SSSR count). The predicted molar refractivity (Wildman–Crippen MR) is 109 cm³/mol. The van der Waals surface area contributed by atoms with E-state index in [2.05, 4.69) is 43.5 Å². The normalized spacial score (nSPS) is 11.0. The Hall–Kier alpha value is -2.27. The third kappa shape index (κ3) is 4.86. The zero-order valence-electron chi connectivity index (χ0n) is 15.7. The molecule has 134 valence electrons. The number of anilines is 2. The van der Waals surface area contributed by atoms with Crippen molar-refractivity contribution in [3.05, 3.63) is 47.5 Å². The first-order valence-electron chi connectivity index (χ1n) is 8.15. The average molecular weight is 359 g/mol. The maximum absolute atomic E-state index is 5.48. The number of hydrogen-bond donors (Lipinski definition) is 2. The van der Waals surface area contributed by atoms with Crippen molar-refractivity contribution in [3.8, 4) is 11.5 Å². The van der Waals surface area contributed by atoms with Crippen LogP contribution in [0.4, 0.5) is 11.4 Å². The van der Waals surface area contributed by atoms with Crippen molar-refractivity contribution in [2.45, 2.75) is 33.1 Å². The van der Waals surface area contributed by atoms with Crippen LogP contribution in [-0.4, -0.2) is 19.3 Å². The lowest BCUT2D eigenvalue weighted by Gasteiger charge is -2.22. The van der Waals surface area contributed by atoms with E-state index in [-0.39, 0.29) is 5.41 Å². The summed E-state index contributed by atoms with van der Waals surface area (Å²) in [5.74, 6) is 1.48. The third-order valence-corrected chi connectivity index (χ3v) is 4.12. The van der Waals surface area contributed by atoms with Gasteiger partial charge < -0.3 is 20.1 Å². The first-order valence-corrected chi connectivity index (χ1v) is 8.56. The van der Waals surface area contributed by atoms with Crippen LogP contribution >= 0.6 is 12.2 Å². The molecule has 0 saturated carbocycles. The van der Waals surface area contributed by atoms with Gasteiger partial charge in [0.15, 0.2) is 5.11 Å². The minimum absolute atomic E-state index is 0.0392. The molecule has 2 aromatic rings. The van der Waals surface area contributed by atoms with E-state index in [1.165, 1.54) is 5.56 Å². The molecule has 0 bridgehead atoms. The average Bonchev–Trinajstić information content (AvgIpc) is 2.54. The summed E-state index contributed by atoms with van der Waals surface area (Å²) in [6.07, 6.45) is 0. The highest BCUT2D eigenvalue weighted by molar-refractivity contribution is 7.80. The number of thiocarbonyl (C=S) groups is 1. The van der Waals surface area contributed by atoms with Crippen LogP contribution in [0.1, 0.15) is 31.9 Å². The van der Waals surface area contributed by atoms with Crippen LogP contribution in [0.5, 0.6) is 11.5 Å². The summed E-state index contributed by atoms with van der Waals surface area (Å²) in [5.41, 5.74) is 4.02. The summed E-state index contributed by atoms with van der Waals surface area (Å²) >= 11 is 5.48. The van der Waals surface area contributed by atoms with Gasteiger partial charge in [-0.05, 0) is 59.9 Å². The van der Waals surface area contributed by atoms with Gasteiger partial charge >= 0.3 is 0 Å². The van der Waals surface area contributed by atoms with Gasteiger partial charge in [-0.25, -0.2) is 0 Å². The van der Waals surface area contributed by atoms with E-state index in [9.17, 15) is 0 Å². The lowest BCUT2D eigenvalue weighted by Crippen LogP contribution is -2.21. The van der Waals surface area contributed by atoms with E-state index in [1.807, 2.05) is 31.2 Å². The van der Waals surface area contributed by atoms with Crippen molar-refractivity contribution in [3.63, 3.8) is 0 Å². The Labute approximate surface area is 155 Å². The quantitative estimate of drug-likeness (QED) is 0.743. The van der Waals surface area contributed by atoms with E-state index < -0.39 is 0 Å². The largest absolute Gasteiger partial charge is 0.495 e. The molecule has 25 heavy (non-hydrogen) atoms. The van der Waals surface area contributed by atoms with Crippen molar-refractivity contribution in [1.82, 2.24) is 0 Å². The summed E-state index contributed by atoms with van der Waals surface area (Å²) in [7, 11) is 3.29. The number of methoxy groups -OCH3 is 2. The number of hydrogen-bond acceptors (Lipinski definition) is 3. The molecule has 0 heterocycles. The molecule has 0 unspecified atom stereocenters. The molecule has 0 spiro atoms. The van der Waals surface area contributed by atoms with Crippen molar-refractivity contribution in [1.29, 1.82) is 0 Å². The Morgan fingerprint density at radius 3 is 1.92 bits per heavy atom. The zero-order valence-corrected chi connectivity index (χ0v) is 16.5. The summed E-state index contributed by atoms with van der Waals surface area (Å²) < 4.78 is 10.8. The van der Waals surface area contributed by atoms with Crippen molar-refractivity contribution in [2.24, 2.45) is 0 Å². The molecule has 0 atom stereocenters. The van der Waals surface area contributed by atoms with Gasteiger partial charge in [-0.3, -0.25) is 0 Å². The van der Waals surface area contributed by atoms with E-state index in [0.717, 1.165) is 28.4 Å². The fraction of sp³-hybridized carbons (Fsp3) is 0.350. The van der Waals surface area contributed by atoms with Crippen molar-refractivity contribution >= 4 is 28.7 Å². The SMILES string of the molecule is COc1ccc(C)cc1NC(=S)Nc1cc(C(C)(C)C)ccc1OC. The van der Waals surface area contributed by atoms with Gasteiger partial charge in [-0.2, -0.15) is 0 Å². The molecule has 0 aliphatic heterocycles. The van der Waals surface area contributed by atoms with Gasteiger partial charge in [-0.1, -0.05) is 32.9 Å². The van der Waals surface area contributed by atoms with Crippen LogP contribution in [0.25, 0.3) is 0 Å². The lowest BCUT2D eigenvalue weighted by atomic mass is 9.87. The van der Waals surface area contributed by atoms with Gasteiger partial charge in [0.25, 0.3) is 0 Å². The zero-order chi connectivity index (χ0) is 18.6. The summed E-state index contributed by atoms with van der Waals surface area (Å²) in [5, 5.41) is 6.91. The molecular weight excluding hydrogens is 332 g/mol.